The minimum atomic E-state index is 0.421. The van der Waals surface area contributed by atoms with Crippen molar-refractivity contribution >= 4 is 40.9 Å². The van der Waals surface area contributed by atoms with Gasteiger partial charge < -0.3 is 24.3 Å². The van der Waals surface area contributed by atoms with Gasteiger partial charge in [-0.05, 0) is 50.2 Å². The lowest BCUT2D eigenvalue weighted by molar-refractivity contribution is 0.312. The molecule has 184 valence electrons. The molecule has 0 atom stereocenters. The van der Waals surface area contributed by atoms with Crippen molar-refractivity contribution in [2.24, 2.45) is 4.99 Å². The number of piperazine rings is 1. The fraction of sp³-hybridized carbons (Fsp3) is 0.296. The molecule has 6 rings (SSSR count). The van der Waals surface area contributed by atoms with E-state index >= 15 is 0 Å². The van der Waals surface area contributed by atoms with Crippen LogP contribution in [-0.2, 0) is 6.42 Å². The molecule has 4 heterocycles. The van der Waals surface area contributed by atoms with E-state index in [9.17, 15) is 0 Å². The average molecular weight is 503 g/mol. The topological polar surface area (TPSA) is 79.0 Å². The van der Waals surface area contributed by atoms with Crippen molar-refractivity contribution in [1.82, 2.24) is 14.9 Å². The number of amidine groups is 1. The molecule has 0 saturated carbocycles. The number of ether oxygens (including phenoxy) is 1. The van der Waals surface area contributed by atoms with Gasteiger partial charge in [0.15, 0.2) is 0 Å². The molecule has 3 aromatic rings. The lowest BCUT2D eigenvalue weighted by atomic mass is 10.1. The first-order valence-electron chi connectivity index (χ1n) is 12.1. The largest absolute Gasteiger partial charge is 0.465 e. The molecule has 0 amide bonds. The number of aliphatic imine (C=N–C) groups is 1. The third kappa shape index (κ3) is 4.62. The standard InChI is InChI=1S/C27H27ClN6O2/c1-17-12-18-5-6-22(26(28)20(18)13-17)36-25-15-24(34-9-7-33(2)8-10-34)31-27(32-25)30-23-14-19(16-29-23)21-4-3-11-35-21/h3-6,11,13-15H,7-10,12,16H2,1-2H3,(H,29,30,31,32). The molecule has 3 aliphatic rings. The highest BCUT2D eigenvalue weighted by atomic mass is 35.5. The van der Waals surface area contributed by atoms with E-state index in [0.717, 1.165) is 55.3 Å². The Morgan fingerprint density at radius 3 is 2.75 bits per heavy atom. The quantitative estimate of drug-likeness (QED) is 0.517. The van der Waals surface area contributed by atoms with E-state index < -0.39 is 0 Å². The van der Waals surface area contributed by atoms with E-state index in [1.807, 2.05) is 30.3 Å². The summed E-state index contributed by atoms with van der Waals surface area (Å²) in [5.74, 6) is 3.72. The number of hydrogen-bond donors (Lipinski definition) is 1. The zero-order valence-corrected chi connectivity index (χ0v) is 21.0. The van der Waals surface area contributed by atoms with Gasteiger partial charge in [0.05, 0.1) is 17.8 Å². The number of nitrogens with one attached hydrogen (secondary N) is 1. The third-order valence-corrected chi connectivity index (χ3v) is 7.02. The molecule has 0 bridgehead atoms. The normalized spacial score (nSPS) is 17.5. The van der Waals surface area contributed by atoms with Gasteiger partial charge in [0, 0.05) is 43.4 Å². The number of benzene rings is 1. The summed E-state index contributed by atoms with van der Waals surface area (Å²) in [7, 11) is 2.13. The molecule has 0 unspecified atom stereocenters. The molecule has 2 aliphatic heterocycles. The summed E-state index contributed by atoms with van der Waals surface area (Å²) in [6.07, 6.45) is 6.65. The zero-order valence-electron chi connectivity index (χ0n) is 20.3. The maximum atomic E-state index is 6.74. The Morgan fingerprint density at radius 2 is 1.94 bits per heavy atom. The summed E-state index contributed by atoms with van der Waals surface area (Å²) in [4.78, 5) is 18.6. The van der Waals surface area contributed by atoms with Gasteiger partial charge in [-0.15, -0.1) is 0 Å². The predicted molar refractivity (Wildman–Crippen MR) is 143 cm³/mol. The van der Waals surface area contributed by atoms with Crippen molar-refractivity contribution in [2.45, 2.75) is 13.3 Å². The van der Waals surface area contributed by atoms with Crippen LogP contribution in [0.1, 0.15) is 23.8 Å². The average Bonchev–Trinajstić information content (AvgIpc) is 3.62. The summed E-state index contributed by atoms with van der Waals surface area (Å²) >= 11 is 6.74. The van der Waals surface area contributed by atoms with Gasteiger partial charge in [0.25, 0.3) is 0 Å². The number of hydrogen-bond acceptors (Lipinski definition) is 8. The zero-order chi connectivity index (χ0) is 24.6. The molecule has 8 nitrogen and oxygen atoms in total. The molecule has 9 heteroatoms. The fourth-order valence-electron chi connectivity index (χ4n) is 4.66. The minimum Gasteiger partial charge on any atom is -0.465 e. The first-order chi connectivity index (χ1) is 17.5. The molecule has 1 saturated heterocycles. The number of anilines is 2. The third-order valence-electron chi connectivity index (χ3n) is 6.63. The molecule has 36 heavy (non-hydrogen) atoms. The van der Waals surface area contributed by atoms with Crippen molar-refractivity contribution in [2.75, 3.05) is 50.0 Å². The van der Waals surface area contributed by atoms with Crippen LogP contribution in [0.5, 0.6) is 11.6 Å². The van der Waals surface area contributed by atoms with Crippen LogP contribution in [0.25, 0.3) is 11.6 Å². The number of halogens is 1. The molecule has 0 radical (unpaired) electrons. The van der Waals surface area contributed by atoms with Crippen LogP contribution < -0.4 is 15.0 Å². The highest BCUT2D eigenvalue weighted by Gasteiger charge is 2.21. The Morgan fingerprint density at radius 1 is 1.08 bits per heavy atom. The van der Waals surface area contributed by atoms with E-state index in [0.29, 0.717) is 35.0 Å². The Bertz CT molecular complexity index is 1390. The van der Waals surface area contributed by atoms with Crippen molar-refractivity contribution < 1.29 is 9.15 Å². The number of allylic oxidation sites excluding steroid dienone is 1. The van der Waals surface area contributed by atoms with E-state index in [1.165, 1.54) is 11.1 Å². The molecule has 1 fully saturated rings. The Balaban J connectivity index is 1.30. The molecule has 0 spiro atoms. The van der Waals surface area contributed by atoms with Crippen LogP contribution in [0.15, 0.2) is 57.7 Å². The second-order valence-electron chi connectivity index (χ2n) is 9.37. The summed E-state index contributed by atoms with van der Waals surface area (Å²) in [6, 6.07) is 9.66. The van der Waals surface area contributed by atoms with Crippen molar-refractivity contribution in [1.29, 1.82) is 0 Å². The predicted octanol–water partition coefficient (Wildman–Crippen LogP) is 5.13. The number of furan rings is 1. The van der Waals surface area contributed by atoms with Crippen molar-refractivity contribution in [3.05, 3.63) is 70.2 Å². The number of fused-ring (bicyclic) bond motifs is 1. The second kappa shape index (κ2) is 9.44. The summed E-state index contributed by atoms with van der Waals surface area (Å²) in [5.41, 5.74) is 4.53. The van der Waals surface area contributed by atoms with Crippen LogP contribution in [0, 0.1) is 0 Å². The Hall–Kier alpha value is -3.62. The summed E-state index contributed by atoms with van der Waals surface area (Å²) < 4.78 is 11.8. The lowest BCUT2D eigenvalue weighted by Gasteiger charge is -2.33. The van der Waals surface area contributed by atoms with Gasteiger partial charge in [0.1, 0.15) is 23.2 Å². The highest BCUT2D eigenvalue weighted by molar-refractivity contribution is 6.33. The SMILES string of the molecule is CC1=Cc2c(ccc(Oc3cc(N4CCN(C)CC4)nc(NC4=NCC(c5ccco5)=C4)n3)c2Cl)C1. The van der Waals surface area contributed by atoms with Gasteiger partial charge in [-0.2, -0.15) is 9.97 Å². The lowest BCUT2D eigenvalue weighted by Crippen LogP contribution is -2.44. The van der Waals surface area contributed by atoms with Crippen LogP contribution in [0.2, 0.25) is 5.02 Å². The van der Waals surface area contributed by atoms with Gasteiger partial charge in [0.2, 0.25) is 11.8 Å². The van der Waals surface area contributed by atoms with Gasteiger partial charge >= 0.3 is 0 Å². The van der Waals surface area contributed by atoms with Gasteiger partial charge in [-0.25, -0.2) is 0 Å². The fourth-order valence-corrected chi connectivity index (χ4v) is 4.94. The van der Waals surface area contributed by atoms with Crippen LogP contribution in [0.3, 0.4) is 0 Å². The molecule has 1 aromatic carbocycles. The van der Waals surface area contributed by atoms with Crippen molar-refractivity contribution in [3.63, 3.8) is 0 Å². The van der Waals surface area contributed by atoms with E-state index in [2.05, 4.69) is 51.2 Å². The van der Waals surface area contributed by atoms with Crippen molar-refractivity contribution in [3.8, 4) is 11.6 Å². The van der Waals surface area contributed by atoms with Crippen LogP contribution in [-0.4, -0.2) is 60.5 Å². The van der Waals surface area contributed by atoms with Crippen LogP contribution in [0.4, 0.5) is 11.8 Å². The first-order valence-corrected chi connectivity index (χ1v) is 12.4. The van der Waals surface area contributed by atoms with E-state index in [-0.39, 0.29) is 0 Å². The summed E-state index contributed by atoms with van der Waals surface area (Å²) in [5, 5.41) is 3.86. The maximum Gasteiger partial charge on any atom is 0.233 e. The molecule has 1 N–H and O–H groups in total. The molecule has 2 aromatic heterocycles. The maximum absolute atomic E-state index is 6.74. The van der Waals surface area contributed by atoms with Gasteiger partial charge in [-0.3, -0.25) is 4.99 Å². The first kappa shape index (κ1) is 22.8. The number of rotatable bonds is 5. The van der Waals surface area contributed by atoms with Gasteiger partial charge in [-0.1, -0.05) is 29.3 Å². The van der Waals surface area contributed by atoms with Crippen LogP contribution >= 0.6 is 11.6 Å². The number of nitrogens with zero attached hydrogens (tertiary/aromatic N) is 5. The molecule has 1 aliphatic carbocycles. The van der Waals surface area contributed by atoms with E-state index in [4.69, 9.17) is 25.7 Å². The second-order valence-corrected chi connectivity index (χ2v) is 9.75. The number of aromatic nitrogens is 2. The monoisotopic (exact) mass is 502 g/mol. The smallest absolute Gasteiger partial charge is 0.233 e. The molecular formula is C27H27ClN6O2. The van der Waals surface area contributed by atoms with E-state index in [1.54, 1.807) is 6.26 Å². The summed E-state index contributed by atoms with van der Waals surface area (Å²) in [6.45, 7) is 6.33. The highest BCUT2D eigenvalue weighted by Crippen LogP contribution is 2.39. The Kier molecular flexibility index (Phi) is 5.99. The Labute approximate surface area is 215 Å². The number of likely N-dealkylation sites (N-methyl/N-ethyl adjacent to an activating group) is 1. The minimum absolute atomic E-state index is 0.421. The molecular weight excluding hydrogens is 476 g/mol.